The van der Waals surface area contributed by atoms with Gasteiger partial charge in [-0.15, -0.1) is 0 Å². The maximum Gasteiger partial charge on any atom is 0.162 e. The lowest BCUT2D eigenvalue weighted by Crippen LogP contribution is -2.13. The van der Waals surface area contributed by atoms with Crippen molar-refractivity contribution in [2.45, 2.75) is 57.8 Å². The molecule has 0 radical (unpaired) electrons. The molecule has 1 aliphatic carbocycles. The van der Waals surface area contributed by atoms with Crippen LogP contribution in [-0.2, 0) is 6.42 Å². The van der Waals surface area contributed by atoms with E-state index < -0.39 is 11.6 Å². The Kier molecular flexibility index (Phi) is 5.53. The number of unbranched alkanes of at least 4 members (excludes halogenated alkanes) is 1. The molecule has 20 heavy (non-hydrogen) atoms. The molecule has 0 atom stereocenters. The highest BCUT2D eigenvalue weighted by Gasteiger charge is 2.24. The lowest BCUT2D eigenvalue weighted by atomic mass is 9.79. The van der Waals surface area contributed by atoms with Crippen LogP contribution in [0.15, 0.2) is 12.1 Å². The molecule has 0 unspecified atom stereocenters. The molecule has 0 saturated heterocycles. The summed E-state index contributed by atoms with van der Waals surface area (Å²) in [7, 11) is 0. The molecule has 1 fully saturated rings. The van der Waals surface area contributed by atoms with Crippen molar-refractivity contribution >= 4 is 0 Å². The van der Waals surface area contributed by atoms with Gasteiger partial charge >= 0.3 is 0 Å². The Labute approximate surface area is 120 Å². The van der Waals surface area contributed by atoms with Crippen molar-refractivity contribution in [3.05, 3.63) is 34.9 Å². The summed E-state index contributed by atoms with van der Waals surface area (Å²) in [6, 6.07) is 3.50. The smallest absolute Gasteiger partial charge is 0.162 e. The van der Waals surface area contributed by atoms with E-state index in [0.29, 0.717) is 36.3 Å². The molecule has 1 aromatic carbocycles. The summed E-state index contributed by atoms with van der Waals surface area (Å²) >= 11 is 0. The largest absolute Gasteiger partial charge is 0.396 e. The third-order valence-electron chi connectivity index (χ3n) is 4.50. The first kappa shape index (κ1) is 15.4. The van der Waals surface area contributed by atoms with E-state index in [4.69, 9.17) is 5.11 Å². The second-order valence-electron chi connectivity index (χ2n) is 6.08. The van der Waals surface area contributed by atoms with Crippen LogP contribution in [0.5, 0.6) is 0 Å². The summed E-state index contributed by atoms with van der Waals surface area (Å²) in [5.74, 6) is -0.450. The molecule has 112 valence electrons. The number of halogens is 2. The predicted molar refractivity (Wildman–Crippen MR) is 76.8 cm³/mol. The van der Waals surface area contributed by atoms with Gasteiger partial charge in [0.05, 0.1) is 0 Å². The van der Waals surface area contributed by atoms with Crippen molar-refractivity contribution in [1.82, 2.24) is 0 Å². The van der Waals surface area contributed by atoms with Crippen molar-refractivity contribution in [1.29, 1.82) is 0 Å². The molecule has 1 aromatic rings. The van der Waals surface area contributed by atoms with Crippen molar-refractivity contribution in [2.75, 3.05) is 6.61 Å². The van der Waals surface area contributed by atoms with Crippen LogP contribution in [0.4, 0.5) is 8.78 Å². The highest BCUT2D eigenvalue weighted by molar-refractivity contribution is 5.29. The van der Waals surface area contributed by atoms with Crippen LogP contribution in [0.2, 0.25) is 0 Å². The fourth-order valence-corrected chi connectivity index (χ4v) is 3.11. The van der Waals surface area contributed by atoms with Gasteiger partial charge in [-0.1, -0.05) is 31.9 Å². The monoisotopic (exact) mass is 282 g/mol. The minimum Gasteiger partial charge on any atom is -0.396 e. The molecule has 0 amide bonds. The SMILES string of the molecule is CC1CCC(c2ccc(CCCCO)c(F)c2F)CC1. The number of aryl methyl sites for hydroxylation is 1. The number of hydrogen-bond donors (Lipinski definition) is 1. The van der Waals surface area contributed by atoms with Gasteiger partial charge in [-0.3, -0.25) is 0 Å². The predicted octanol–water partition coefficient (Wildman–Crippen LogP) is 4.57. The average Bonchev–Trinajstić information content (AvgIpc) is 2.45. The third-order valence-corrected chi connectivity index (χ3v) is 4.50. The van der Waals surface area contributed by atoms with E-state index in [-0.39, 0.29) is 12.5 Å². The van der Waals surface area contributed by atoms with E-state index >= 15 is 0 Å². The van der Waals surface area contributed by atoms with E-state index in [0.717, 1.165) is 25.7 Å². The van der Waals surface area contributed by atoms with E-state index in [9.17, 15) is 8.78 Å². The fraction of sp³-hybridized carbons (Fsp3) is 0.647. The van der Waals surface area contributed by atoms with Crippen molar-refractivity contribution in [2.24, 2.45) is 5.92 Å². The summed E-state index contributed by atoms with van der Waals surface area (Å²) in [6.45, 7) is 2.32. The molecule has 0 aromatic heterocycles. The maximum absolute atomic E-state index is 14.2. The van der Waals surface area contributed by atoms with E-state index in [1.807, 2.05) is 0 Å². The fourth-order valence-electron chi connectivity index (χ4n) is 3.11. The summed E-state index contributed by atoms with van der Waals surface area (Å²) in [5.41, 5.74) is 0.990. The molecule has 1 saturated carbocycles. The topological polar surface area (TPSA) is 20.2 Å². The number of aliphatic hydroxyl groups excluding tert-OH is 1. The molecule has 3 heteroatoms. The van der Waals surface area contributed by atoms with Crippen LogP contribution in [0.3, 0.4) is 0 Å². The second-order valence-corrected chi connectivity index (χ2v) is 6.08. The summed E-state index contributed by atoms with van der Waals surface area (Å²) in [4.78, 5) is 0. The Bertz CT molecular complexity index is 437. The number of hydrogen-bond acceptors (Lipinski definition) is 1. The van der Waals surface area contributed by atoms with Crippen LogP contribution >= 0.6 is 0 Å². The lowest BCUT2D eigenvalue weighted by molar-refractivity contribution is 0.284. The third kappa shape index (κ3) is 3.57. The van der Waals surface area contributed by atoms with Gasteiger partial charge in [-0.25, -0.2) is 8.78 Å². The first-order valence-corrected chi connectivity index (χ1v) is 7.71. The molecule has 0 spiro atoms. The van der Waals surface area contributed by atoms with Crippen molar-refractivity contribution in [3.63, 3.8) is 0 Å². The Morgan fingerprint density at radius 2 is 1.75 bits per heavy atom. The van der Waals surface area contributed by atoms with E-state index in [1.54, 1.807) is 12.1 Å². The van der Waals surface area contributed by atoms with E-state index in [2.05, 4.69) is 6.92 Å². The Morgan fingerprint density at radius 1 is 1.05 bits per heavy atom. The van der Waals surface area contributed by atoms with Gasteiger partial charge in [0.2, 0.25) is 0 Å². The Balaban J connectivity index is 2.09. The summed E-state index contributed by atoms with van der Waals surface area (Å²) in [5, 5.41) is 8.74. The molecule has 1 aliphatic rings. The molecule has 2 rings (SSSR count). The van der Waals surface area contributed by atoms with Crippen LogP contribution < -0.4 is 0 Å². The molecule has 0 heterocycles. The van der Waals surface area contributed by atoms with Gasteiger partial charge < -0.3 is 5.11 Å². The first-order valence-electron chi connectivity index (χ1n) is 7.71. The lowest BCUT2D eigenvalue weighted by Gasteiger charge is -2.27. The molecular weight excluding hydrogens is 258 g/mol. The van der Waals surface area contributed by atoms with Crippen molar-refractivity contribution in [3.8, 4) is 0 Å². The first-order chi connectivity index (χ1) is 9.63. The Hall–Kier alpha value is -0.960. The number of rotatable bonds is 5. The quantitative estimate of drug-likeness (QED) is 0.784. The van der Waals surface area contributed by atoms with Crippen molar-refractivity contribution < 1.29 is 13.9 Å². The minimum atomic E-state index is -0.681. The summed E-state index contributed by atoms with van der Waals surface area (Å²) < 4.78 is 28.3. The molecule has 0 aliphatic heterocycles. The zero-order valence-corrected chi connectivity index (χ0v) is 12.2. The van der Waals surface area contributed by atoms with Crippen LogP contribution in [0.1, 0.15) is 62.5 Å². The zero-order valence-electron chi connectivity index (χ0n) is 12.2. The van der Waals surface area contributed by atoms with Gasteiger partial charge in [0.15, 0.2) is 11.6 Å². The van der Waals surface area contributed by atoms with E-state index in [1.165, 1.54) is 0 Å². The molecule has 0 bridgehead atoms. The molecular formula is C17H24F2O. The normalized spacial score (nSPS) is 23.0. The Morgan fingerprint density at radius 3 is 2.40 bits per heavy atom. The van der Waals surface area contributed by atoms with Crippen LogP contribution in [0.25, 0.3) is 0 Å². The summed E-state index contributed by atoms with van der Waals surface area (Å²) in [6.07, 6.45) is 5.93. The van der Waals surface area contributed by atoms with Gasteiger partial charge in [-0.2, -0.15) is 0 Å². The number of aliphatic hydroxyl groups is 1. The van der Waals surface area contributed by atoms with Gasteiger partial charge in [0.25, 0.3) is 0 Å². The average molecular weight is 282 g/mol. The van der Waals surface area contributed by atoms with Gasteiger partial charge in [-0.05, 0) is 55.1 Å². The molecule has 1 N–H and O–H groups in total. The molecule has 1 nitrogen and oxygen atoms in total. The minimum absolute atomic E-state index is 0.0996. The van der Waals surface area contributed by atoms with Gasteiger partial charge in [0, 0.05) is 6.61 Å². The highest BCUT2D eigenvalue weighted by Crippen LogP contribution is 2.37. The van der Waals surface area contributed by atoms with Crippen LogP contribution in [0, 0.1) is 17.6 Å². The zero-order chi connectivity index (χ0) is 14.5. The highest BCUT2D eigenvalue weighted by atomic mass is 19.2. The second kappa shape index (κ2) is 7.16. The van der Waals surface area contributed by atoms with Gasteiger partial charge in [0.1, 0.15) is 0 Å². The number of benzene rings is 1. The maximum atomic E-state index is 14.2. The van der Waals surface area contributed by atoms with Crippen LogP contribution in [-0.4, -0.2) is 11.7 Å². The standard InChI is InChI=1S/C17H24F2O/c1-12-5-7-13(8-6-12)15-10-9-14(4-2-3-11-20)16(18)17(15)19/h9-10,12-13,20H,2-8,11H2,1H3.